The van der Waals surface area contributed by atoms with Crippen LogP contribution in [0.25, 0.3) is 0 Å². The van der Waals surface area contributed by atoms with Crippen molar-refractivity contribution in [2.45, 2.75) is 62.2 Å². The van der Waals surface area contributed by atoms with Gasteiger partial charge in [0.15, 0.2) is 5.89 Å². The van der Waals surface area contributed by atoms with Crippen LogP contribution < -0.4 is 5.14 Å². The Bertz CT molecular complexity index is 878. The lowest BCUT2D eigenvalue weighted by atomic mass is 10.0. The molecule has 4 rings (SSSR count). The number of hydrogen-bond acceptors (Lipinski definition) is 4. The third-order valence-electron chi connectivity index (χ3n) is 5.97. The van der Waals surface area contributed by atoms with Crippen molar-refractivity contribution in [2.75, 3.05) is 0 Å². The SMILES string of the molecule is CC1(C)[C@@H](c2ccc(S(N)(=O)=O)cc2)[C@@H]1c1nc(C2CCCC2)co1. The summed E-state index contributed by atoms with van der Waals surface area (Å²) in [6, 6.07) is 6.87. The number of nitrogens with two attached hydrogens (primary N) is 1. The molecule has 25 heavy (non-hydrogen) atoms. The first-order valence-corrected chi connectivity index (χ1v) is 10.4. The van der Waals surface area contributed by atoms with Crippen LogP contribution in [0.4, 0.5) is 0 Å². The summed E-state index contributed by atoms with van der Waals surface area (Å²) in [6.45, 7) is 4.41. The molecule has 1 aromatic carbocycles. The van der Waals surface area contributed by atoms with Crippen LogP contribution in [0.5, 0.6) is 0 Å². The quantitative estimate of drug-likeness (QED) is 0.896. The standard InChI is InChI=1S/C19H24N2O3S/c1-19(2)16(13-7-9-14(10-8-13)25(20,22)23)17(19)18-21-15(11-24-18)12-5-3-4-6-12/h7-12,16-17H,3-6H2,1-2H3,(H2,20,22,23)/t16-,17+/m0/s1. The molecular formula is C19H24N2O3S. The molecule has 0 radical (unpaired) electrons. The van der Waals surface area contributed by atoms with E-state index in [9.17, 15) is 8.42 Å². The van der Waals surface area contributed by atoms with Gasteiger partial charge >= 0.3 is 0 Å². The molecule has 0 aliphatic heterocycles. The van der Waals surface area contributed by atoms with Crippen LogP contribution in [0.2, 0.25) is 0 Å². The summed E-state index contributed by atoms with van der Waals surface area (Å²) in [5.74, 6) is 1.86. The smallest absolute Gasteiger partial charge is 0.238 e. The molecule has 0 unspecified atom stereocenters. The van der Waals surface area contributed by atoms with E-state index in [0.29, 0.717) is 5.92 Å². The van der Waals surface area contributed by atoms with E-state index in [4.69, 9.17) is 14.5 Å². The van der Waals surface area contributed by atoms with Gasteiger partial charge < -0.3 is 4.42 Å². The lowest BCUT2D eigenvalue weighted by molar-refractivity contribution is 0.467. The Morgan fingerprint density at radius 3 is 2.36 bits per heavy atom. The van der Waals surface area contributed by atoms with Gasteiger partial charge in [0, 0.05) is 17.8 Å². The minimum absolute atomic E-state index is 0.0426. The highest BCUT2D eigenvalue weighted by atomic mass is 32.2. The van der Waals surface area contributed by atoms with Gasteiger partial charge in [-0.2, -0.15) is 0 Å². The number of rotatable bonds is 4. The van der Waals surface area contributed by atoms with E-state index in [1.165, 1.54) is 25.7 Å². The number of sulfonamides is 1. The normalized spacial score (nSPS) is 26.0. The third kappa shape index (κ3) is 2.91. The highest BCUT2D eigenvalue weighted by Gasteiger charge is 2.61. The molecule has 0 bridgehead atoms. The minimum atomic E-state index is -3.66. The summed E-state index contributed by atoms with van der Waals surface area (Å²) in [5, 5.41) is 5.18. The van der Waals surface area contributed by atoms with E-state index in [1.807, 2.05) is 18.4 Å². The van der Waals surface area contributed by atoms with Crippen molar-refractivity contribution >= 4 is 10.0 Å². The minimum Gasteiger partial charge on any atom is -0.448 e. The third-order valence-corrected chi connectivity index (χ3v) is 6.90. The van der Waals surface area contributed by atoms with Gasteiger partial charge in [-0.15, -0.1) is 0 Å². The van der Waals surface area contributed by atoms with Crippen molar-refractivity contribution in [3.8, 4) is 0 Å². The monoisotopic (exact) mass is 360 g/mol. The molecule has 1 heterocycles. The first-order valence-electron chi connectivity index (χ1n) is 8.86. The molecule has 2 atom stereocenters. The maximum Gasteiger partial charge on any atom is 0.238 e. The average Bonchev–Trinajstić information content (AvgIpc) is 3.03. The van der Waals surface area contributed by atoms with Crippen molar-refractivity contribution in [3.63, 3.8) is 0 Å². The van der Waals surface area contributed by atoms with Crippen molar-refractivity contribution in [2.24, 2.45) is 10.6 Å². The van der Waals surface area contributed by atoms with Crippen LogP contribution in [0.1, 0.15) is 74.4 Å². The highest BCUT2D eigenvalue weighted by Crippen LogP contribution is 2.69. The molecule has 0 spiro atoms. The zero-order valence-corrected chi connectivity index (χ0v) is 15.4. The van der Waals surface area contributed by atoms with Crippen molar-refractivity contribution in [1.29, 1.82) is 0 Å². The Morgan fingerprint density at radius 1 is 1.12 bits per heavy atom. The van der Waals surface area contributed by atoms with Crippen molar-refractivity contribution in [1.82, 2.24) is 4.98 Å². The molecule has 134 valence electrons. The van der Waals surface area contributed by atoms with E-state index < -0.39 is 10.0 Å². The van der Waals surface area contributed by atoms with E-state index in [1.54, 1.807) is 12.1 Å². The Morgan fingerprint density at radius 2 is 1.76 bits per heavy atom. The van der Waals surface area contributed by atoms with Gasteiger partial charge in [0.1, 0.15) is 6.26 Å². The molecule has 5 nitrogen and oxygen atoms in total. The number of hydrogen-bond donors (Lipinski definition) is 1. The maximum absolute atomic E-state index is 11.4. The predicted molar refractivity (Wildman–Crippen MR) is 94.8 cm³/mol. The van der Waals surface area contributed by atoms with Crippen LogP contribution in [0, 0.1) is 5.41 Å². The molecule has 6 heteroatoms. The lowest BCUT2D eigenvalue weighted by Gasteiger charge is -2.04. The van der Waals surface area contributed by atoms with Gasteiger partial charge in [0.2, 0.25) is 10.0 Å². The summed E-state index contributed by atoms with van der Waals surface area (Å²) >= 11 is 0. The Labute approximate surface area is 148 Å². The second kappa shape index (κ2) is 5.68. The molecular weight excluding hydrogens is 336 g/mol. The first-order chi connectivity index (χ1) is 11.8. The molecule has 2 aliphatic rings. The summed E-state index contributed by atoms with van der Waals surface area (Å²) < 4.78 is 28.7. The number of nitrogens with zero attached hydrogens (tertiary/aromatic N) is 1. The summed E-state index contributed by atoms with van der Waals surface area (Å²) in [4.78, 5) is 4.94. The van der Waals surface area contributed by atoms with E-state index in [0.717, 1.165) is 17.1 Å². The number of primary sulfonamides is 1. The number of oxazole rings is 1. The van der Waals surface area contributed by atoms with E-state index >= 15 is 0 Å². The van der Waals surface area contributed by atoms with Gasteiger partial charge in [-0.25, -0.2) is 18.5 Å². The second-order valence-corrected chi connectivity index (χ2v) is 9.54. The molecule has 2 aromatic rings. The van der Waals surface area contributed by atoms with Gasteiger partial charge in [-0.3, -0.25) is 0 Å². The maximum atomic E-state index is 11.4. The predicted octanol–water partition coefficient (Wildman–Crippen LogP) is 3.89. The van der Waals surface area contributed by atoms with Gasteiger partial charge in [0.25, 0.3) is 0 Å². The lowest BCUT2D eigenvalue weighted by Crippen LogP contribution is -2.11. The summed E-state index contributed by atoms with van der Waals surface area (Å²) in [6.07, 6.45) is 6.81. The zero-order chi connectivity index (χ0) is 17.8. The van der Waals surface area contributed by atoms with Gasteiger partial charge in [-0.05, 0) is 36.0 Å². The summed E-state index contributed by atoms with van der Waals surface area (Å²) in [7, 11) is -3.66. The highest BCUT2D eigenvalue weighted by molar-refractivity contribution is 7.89. The number of aromatic nitrogens is 1. The number of benzene rings is 1. The Kier molecular flexibility index (Phi) is 3.81. The fourth-order valence-corrected chi connectivity index (χ4v) is 4.95. The largest absolute Gasteiger partial charge is 0.448 e. The molecule has 0 amide bonds. The average molecular weight is 360 g/mol. The van der Waals surface area contributed by atoms with Crippen molar-refractivity contribution in [3.05, 3.63) is 47.7 Å². The topological polar surface area (TPSA) is 86.2 Å². The zero-order valence-electron chi connectivity index (χ0n) is 14.6. The fraction of sp³-hybridized carbons (Fsp3) is 0.526. The van der Waals surface area contributed by atoms with Gasteiger partial charge in [0.05, 0.1) is 10.6 Å². The molecule has 2 aliphatic carbocycles. The van der Waals surface area contributed by atoms with E-state index in [2.05, 4.69) is 13.8 Å². The van der Waals surface area contributed by atoms with Crippen molar-refractivity contribution < 1.29 is 12.8 Å². The second-order valence-electron chi connectivity index (χ2n) is 7.98. The van der Waals surface area contributed by atoms with Crippen LogP contribution in [-0.4, -0.2) is 13.4 Å². The van der Waals surface area contributed by atoms with E-state index in [-0.39, 0.29) is 22.1 Å². The van der Waals surface area contributed by atoms with Crippen LogP contribution >= 0.6 is 0 Å². The molecule has 2 N–H and O–H groups in total. The van der Waals surface area contributed by atoms with Gasteiger partial charge in [-0.1, -0.05) is 38.8 Å². The Hall–Kier alpha value is -1.66. The summed E-state index contributed by atoms with van der Waals surface area (Å²) in [5.41, 5.74) is 2.24. The first kappa shape index (κ1) is 16.8. The molecule has 1 aromatic heterocycles. The van der Waals surface area contributed by atoms with Crippen LogP contribution in [-0.2, 0) is 10.0 Å². The fourth-order valence-electron chi connectivity index (χ4n) is 4.44. The molecule has 2 saturated carbocycles. The van der Waals surface area contributed by atoms with Crippen LogP contribution in [0.3, 0.4) is 0 Å². The molecule has 2 fully saturated rings. The Balaban J connectivity index is 1.57. The van der Waals surface area contributed by atoms with Crippen LogP contribution in [0.15, 0.2) is 39.8 Å². The molecule has 0 saturated heterocycles.